The van der Waals surface area contributed by atoms with E-state index in [0.29, 0.717) is 12.1 Å². The van der Waals surface area contributed by atoms with Gasteiger partial charge < -0.3 is 4.74 Å². The number of aromatic nitrogens is 1. The van der Waals surface area contributed by atoms with Crippen LogP contribution in [-0.4, -0.2) is 31.2 Å². The number of methoxy groups -OCH3 is 1. The fourth-order valence-corrected chi connectivity index (χ4v) is 1.56. The summed E-state index contributed by atoms with van der Waals surface area (Å²) in [5, 5.41) is 6.42. The van der Waals surface area contributed by atoms with E-state index in [9.17, 15) is 4.79 Å². The summed E-state index contributed by atoms with van der Waals surface area (Å²) in [5.41, 5.74) is 7.88. The minimum atomic E-state index is -1.01. The van der Waals surface area contributed by atoms with Gasteiger partial charge >= 0.3 is 5.97 Å². The van der Waals surface area contributed by atoms with Crippen molar-refractivity contribution in [2.24, 2.45) is 5.11 Å². The topological polar surface area (TPSA) is 100.0 Å². The van der Waals surface area contributed by atoms with Crippen molar-refractivity contribution in [1.29, 1.82) is 0 Å². The highest BCUT2D eigenvalue weighted by Gasteiger charge is 2.35. The van der Waals surface area contributed by atoms with Crippen LogP contribution in [0.3, 0.4) is 0 Å². The lowest BCUT2D eigenvalue weighted by Crippen LogP contribution is -2.48. The Morgan fingerprint density at radius 2 is 2.50 bits per heavy atom. The van der Waals surface area contributed by atoms with Gasteiger partial charge in [-0.25, -0.2) is 4.79 Å². The number of azide groups is 1. The Balaban J connectivity index is 2.89. The maximum absolute atomic E-state index is 11.9. The van der Waals surface area contributed by atoms with E-state index < -0.39 is 11.5 Å². The molecule has 1 aromatic rings. The zero-order valence-corrected chi connectivity index (χ0v) is 10.3. The van der Waals surface area contributed by atoms with Crippen LogP contribution in [0.4, 0.5) is 0 Å². The maximum atomic E-state index is 11.9. The van der Waals surface area contributed by atoms with E-state index in [1.54, 1.807) is 31.5 Å². The van der Waals surface area contributed by atoms with Gasteiger partial charge in [-0.3, -0.25) is 10.3 Å². The number of esters is 1. The van der Waals surface area contributed by atoms with Gasteiger partial charge in [0.2, 0.25) is 0 Å². The molecule has 0 aliphatic heterocycles. The van der Waals surface area contributed by atoms with Crippen LogP contribution in [0, 0.1) is 0 Å². The highest BCUT2D eigenvalue weighted by Crippen LogP contribution is 2.21. The van der Waals surface area contributed by atoms with Crippen molar-refractivity contribution in [3.8, 4) is 0 Å². The molecule has 0 fully saturated rings. The first-order valence-corrected chi connectivity index (χ1v) is 5.40. The Morgan fingerprint density at radius 3 is 3.06 bits per heavy atom. The molecule has 0 spiro atoms. The molecule has 96 valence electrons. The average molecular weight is 249 g/mol. The predicted molar refractivity (Wildman–Crippen MR) is 65.6 cm³/mol. The molecular formula is C11H15N5O2. The Bertz CT molecular complexity index is 444. The molecule has 1 heterocycles. The van der Waals surface area contributed by atoms with Crippen molar-refractivity contribution in [3.63, 3.8) is 0 Å². The predicted octanol–water partition coefficient (Wildman–Crippen LogP) is 1.37. The van der Waals surface area contributed by atoms with Gasteiger partial charge in [0.1, 0.15) is 5.54 Å². The lowest BCUT2D eigenvalue weighted by Gasteiger charge is -2.27. The van der Waals surface area contributed by atoms with Gasteiger partial charge in [-0.2, -0.15) is 0 Å². The Labute approximate surface area is 105 Å². The van der Waals surface area contributed by atoms with Gasteiger partial charge in [0.15, 0.2) is 0 Å². The van der Waals surface area contributed by atoms with Crippen LogP contribution in [-0.2, 0) is 15.1 Å². The van der Waals surface area contributed by atoms with Gasteiger partial charge in [-0.05, 0) is 18.5 Å². The number of carbonyl (C=O) groups excluding carboxylic acids is 1. The first-order chi connectivity index (χ1) is 8.65. The van der Waals surface area contributed by atoms with Crippen LogP contribution in [0.1, 0.15) is 12.5 Å². The molecule has 0 amide bonds. The molecule has 0 radical (unpaired) electrons. The molecule has 1 unspecified atom stereocenters. The van der Waals surface area contributed by atoms with Gasteiger partial charge in [0.25, 0.3) is 0 Å². The summed E-state index contributed by atoms with van der Waals surface area (Å²) in [4.78, 5) is 18.5. The second kappa shape index (κ2) is 6.58. The van der Waals surface area contributed by atoms with Crippen molar-refractivity contribution < 1.29 is 9.53 Å². The summed E-state index contributed by atoms with van der Waals surface area (Å²) in [5.74, 6) is -0.420. The third kappa shape index (κ3) is 3.19. The molecule has 0 saturated heterocycles. The summed E-state index contributed by atoms with van der Waals surface area (Å²) in [6.45, 7) is 2.32. The van der Waals surface area contributed by atoms with Crippen molar-refractivity contribution in [2.45, 2.75) is 12.5 Å². The van der Waals surface area contributed by atoms with Crippen molar-refractivity contribution in [2.75, 3.05) is 20.2 Å². The van der Waals surface area contributed by atoms with E-state index in [1.807, 2.05) is 0 Å². The minimum Gasteiger partial charge on any atom is -0.467 e. The number of carbonyl (C=O) groups is 1. The van der Waals surface area contributed by atoms with Crippen LogP contribution in [0.25, 0.3) is 10.4 Å². The minimum absolute atomic E-state index is 0.253. The van der Waals surface area contributed by atoms with Gasteiger partial charge in [-0.1, -0.05) is 11.2 Å². The van der Waals surface area contributed by atoms with Crippen LogP contribution in [0.5, 0.6) is 0 Å². The molecule has 1 atom stereocenters. The van der Waals surface area contributed by atoms with E-state index in [-0.39, 0.29) is 6.54 Å². The van der Waals surface area contributed by atoms with Gasteiger partial charge in [0, 0.05) is 36.0 Å². The Morgan fingerprint density at radius 1 is 1.72 bits per heavy atom. The summed E-state index contributed by atoms with van der Waals surface area (Å²) in [6, 6.07) is 3.52. The summed E-state index contributed by atoms with van der Waals surface area (Å²) in [6.07, 6.45) is 3.22. The lowest BCUT2D eigenvalue weighted by atomic mass is 9.93. The molecule has 7 heteroatoms. The first kappa shape index (κ1) is 14.0. The molecule has 0 aliphatic rings. The number of nitrogens with zero attached hydrogens (tertiary/aromatic N) is 4. The second-order valence-electron chi connectivity index (χ2n) is 3.74. The van der Waals surface area contributed by atoms with Crippen LogP contribution in [0.2, 0.25) is 0 Å². The number of hydrogen-bond acceptors (Lipinski definition) is 5. The highest BCUT2D eigenvalue weighted by molar-refractivity contribution is 5.81. The first-order valence-electron chi connectivity index (χ1n) is 5.40. The lowest BCUT2D eigenvalue weighted by molar-refractivity contribution is -0.148. The number of rotatable bonds is 6. The standard InChI is InChI=1S/C11H15N5O2/c1-11(10(17)18-2,14-6-7-15-16-12)9-4-3-5-13-8-9/h3-5,8,14H,6-7H2,1-2H3. The van der Waals surface area contributed by atoms with E-state index in [1.165, 1.54) is 7.11 Å². The van der Waals surface area contributed by atoms with E-state index >= 15 is 0 Å². The molecule has 1 aromatic heterocycles. The highest BCUT2D eigenvalue weighted by atomic mass is 16.5. The fourth-order valence-electron chi connectivity index (χ4n) is 1.56. The van der Waals surface area contributed by atoms with E-state index in [4.69, 9.17) is 10.3 Å². The third-order valence-corrected chi connectivity index (χ3v) is 2.59. The molecule has 0 aromatic carbocycles. The molecule has 0 saturated carbocycles. The van der Waals surface area contributed by atoms with Gasteiger partial charge in [0.05, 0.1) is 7.11 Å². The second-order valence-corrected chi connectivity index (χ2v) is 3.74. The fraction of sp³-hybridized carbons (Fsp3) is 0.455. The zero-order valence-electron chi connectivity index (χ0n) is 10.3. The molecule has 7 nitrogen and oxygen atoms in total. The molecule has 1 N–H and O–H groups in total. The molecule has 1 rings (SSSR count). The van der Waals surface area contributed by atoms with Crippen molar-refractivity contribution >= 4 is 5.97 Å². The SMILES string of the molecule is COC(=O)C(C)(NCCN=[N+]=[N-])c1cccnc1. The Hall–Kier alpha value is -2.11. The summed E-state index contributed by atoms with van der Waals surface area (Å²) < 4.78 is 4.79. The quantitative estimate of drug-likeness (QED) is 0.270. The smallest absolute Gasteiger partial charge is 0.330 e. The van der Waals surface area contributed by atoms with Crippen molar-refractivity contribution in [3.05, 3.63) is 40.5 Å². The van der Waals surface area contributed by atoms with Crippen LogP contribution in [0.15, 0.2) is 29.6 Å². The van der Waals surface area contributed by atoms with Crippen LogP contribution < -0.4 is 5.32 Å². The average Bonchev–Trinajstić information content (AvgIpc) is 2.43. The normalized spacial score (nSPS) is 13.2. The third-order valence-electron chi connectivity index (χ3n) is 2.59. The summed E-state index contributed by atoms with van der Waals surface area (Å²) in [7, 11) is 1.33. The van der Waals surface area contributed by atoms with E-state index in [2.05, 4.69) is 20.3 Å². The largest absolute Gasteiger partial charge is 0.467 e. The maximum Gasteiger partial charge on any atom is 0.330 e. The molecule has 18 heavy (non-hydrogen) atoms. The summed E-state index contributed by atoms with van der Waals surface area (Å²) >= 11 is 0. The number of nitrogens with one attached hydrogen (secondary N) is 1. The van der Waals surface area contributed by atoms with Crippen LogP contribution >= 0.6 is 0 Å². The zero-order chi connectivity index (χ0) is 13.4. The molecular weight excluding hydrogens is 234 g/mol. The molecule has 0 aliphatic carbocycles. The van der Waals surface area contributed by atoms with E-state index in [0.717, 1.165) is 0 Å². The monoisotopic (exact) mass is 249 g/mol. The Kier molecular flexibility index (Phi) is 5.10. The number of ether oxygens (including phenoxy) is 1. The van der Waals surface area contributed by atoms with Gasteiger partial charge in [-0.15, -0.1) is 0 Å². The molecule has 0 bridgehead atoms. The number of pyridine rings is 1. The van der Waals surface area contributed by atoms with Crippen molar-refractivity contribution in [1.82, 2.24) is 10.3 Å². The number of hydrogen-bond donors (Lipinski definition) is 1.